The molecule has 10 heavy (non-hydrogen) atoms. The number of ether oxygens (including phenoxy) is 1. The average Bonchev–Trinajstić information content (AvgIpc) is 2.34. The Morgan fingerprint density at radius 2 is 2.60 bits per heavy atom. The summed E-state index contributed by atoms with van der Waals surface area (Å²) in [5.74, 6) is 0.465. The van der Waals surface area contributed by atoms with E-state index >= 15 is 0 Å². The van der Waals surface area contributed by atoms with E-state index in [9.17, 15) is 4.79 Å². The number of carbonyl (C=O) groups is 1. The summed E-state index contributed by atoms with van der Waals surface area (Å²) in [5, 5.41) is 2.55. The van der Waals surface area contributed by atoms with Gasteiger partial charge >= 0.3 is 6.03 Å². The molecule has 1 rings (SSSR count). The van der Waals surface area contributed by atoms with E-state index in [-0.39, 0.29) is 0 Å². The van der Waals surface area contributed by atoms with E-state index in [0.717, 1.165) is 19.6 Å². The van der Waals surface area contributed by atoms with Crippen molar-refractivity contribution in [3.8, 4) is 0 Å². The highest BCUT2D eigenvalue weighted by atomic mass is 16.5. The molecule has 0 spiro atoms. The van der Waals surface area contributed by atoms with Crippen molar-refractivity contribution < 1.29 is 9.53 Å². The average molecular weight is 144 g/mol. The third kappa shape index (κ3) is 2.23. The molecular formula is C6H12N2O2. The Kier molecular flexibility index (Phi) is 2.50. The van der Waals surface area contributed by atoms with Crippen LogP contribution in [0.15, 0.2) is 0 Å². The molecule has 0 saturated carbocycles. The quantitative estimate of drug-likeness (QED) is 0.558. The maximum Gasteiger partial charge on any atom is 0.312 e. The normalized spacial score (nSPS) is 24.6. The van der Waals surface area contributed by atoms with Crippen molar-refractivity contribution in [2.24, 2.45) is 11.7 Å². The summed E-state index contributed by atoms with van der Waals surface area (Å²) in [6, 6.07) is -0.452. The van der Waals surface area contributed by atoms with Crippen LogP contribution >= 0.6 is 0 Å². The van der Waals surface area contributed by atoms with Crippen LogP contribution in [-0.4, -0.2) is 25.8 Å². The molecule has 0 aromatic rings. The summed E-state index contributed by atoms with van der Waals surface area (Å²) < 4.78 is 5.10. The molecule has 1 unspecified atom stereocenters. The highest BCUT2D eigenvalue weighted by Gasteiger charge is 2.15. The second-order valence-corrected chi connectivity index (χ2v) is 2.47. The van der Waals surface area contributed by atoms with Gasteiger partial charge in [-0.25, -0.2) is 4.79 Å². The van der Waals surface area contributed by atoms with Crippen molar-refractivity contribution in [2.45, 2.75) is 6.42 Å². The van der Waals surface area contributed by atoms with E-state index in [1.807, 2.05) is 0 Å². The number of nitrogens with two attached hydrogens (primary N) is 1. The zero-order valence-electron chi connectivity index (χ0n) is 5.80. The van der Waals surface area contributed by atoms with Gasteiger partial charge in [-0.15, -0.1) is 0 Å². The van der Waals surface area contributed by atoms with E-state index in [2.05, 4.69) is 5.32 Å². The SMILES string of the molecule is NC(=O)NCC1CCOC1. The predicted molar refractivity (Wildman–Crippen MR) is 36.5 cm³/mol. The van der Waals surface area contributed by atoms with Gasteiger partial charge in [0.2, 0.25) is 0 Å². The lowest BCUT2D eigenvalue weighted by Gasteiger charge is -2.05. The Morgan fingerprint density at radius 1 is 1.80 bits per heavy atom. The molecule has 0 aromatic carbocycles. The minimum atomic E-state index is -0.452. The maximum absolute atomic E-state index is 10.2. The van der Waals surface area contributed by atoms with Crippen molar-refractivity contribution in [3.05, 3.63) is 0 Å². The number of primary amides is 1. The van der Waals surface area contributed by atoms with Gasteiger partial charge < -0.3 is 15.8 Å². The van der Waals surface area contributed by atoms with E-state index in [1.54, 1.807) is 0 Å². The molecule has 1 aliphatic rings. The molecule has 2 amide bonds. The van der Waals surface area contributed by atoms with Crippen molar-refractivity contribution in [2.75, 3.05) is 19.8 Å². The molecule has 0 aliphatic carbocycles. The van der Waals surface area contributed by atoms with Crippen molar-refractivity contribution in [3.63, 3.8) is 0 Å². The minimum Gasteiger partial charge on any atom is -0.381 e. The second kappa shape index (κ2) is 3.41. The zero-order chi connectivity index (χ0) is 7.40. The third-order valence-electron chi connectivity index (χ3n) is 1.59. The van der Waals surface area contributed by atoms with Gasteiger partial charge in [-0.3, -0.25) is 0 Å². The van der Waals surface area contributed by atoms with Crippen LogP contribution in [0.25, 0.3) is 0 Å². The zero-order valence-corrected chi connectivity index (χ0v) is 5.80. The van der Waals surface area contributed by atoms with E-state index in [0.29, 0.717) is 12.5 Å². The molecule has 4 nitrogen and oxygen atoms in total. The van der Waals surface area contributed by atoms with Crippen LogP contribution in [0, 0.1) is 5.92 Å². The van der Waals surface area contributed by atoms with E-state index < -0.39 is 6.03 Å². The van der Waals surface area contributed by atoms with Crippen molar-refractivity contribution in [1.29, 1.82) is 0 Å². The van der Waals surface area contributed by atoms with Gasteiger partial charge in [-0.1, -0.05) is 0 Å². The first-order chi connectivity index (χ1) is 4.79. The van der Waals surface area contributed by atoms with Gasteiger partial charge in [0.15, 0.2) is 0 Å². The van der Waals surface area contributed by atoms with Gasteiger partial charge in [0, 0.05) is 19.1 Å². The Bertz CT molecular complexity index is 121. The number of carbonyl (C=O) groups excluding carboxylic acids is 1. The highest BCUT2D eigenvalue weighted by molar-refractivity contribution is 5.71. The Labute approximate surface area is 59.7 Å². The second-order valence-electron chi connectivity index (χ2n) is 2.47. The summed E-state index contributed by atoms with van der Waals surface area (Å²) in [6.45, 7) is 2.21. The molecular weight excluding hydrogens is 132 g/mol. The lowest BCUT2D eigenvalue weighted by Crippen LogP contribution is -2.33. The van der Waals surface area contributed by atoms with Gasteiger partial charge in [-0.05, 0) is 6.42 Å². The number of nitrogens with one attached hydrogen (secondary N) is 1. The summed E-state index contributed by atoms with van der Waals surface area (Å²) in [7, 11) is 0. The first-order valence-corrected chi connectivity index (χ1v) is 3.40. The Morgan fingerprint density at radius 3 is 3.10 bits per heavy atom. The largest absolute Gasteiger partial charge is 0.381 e. The Hall–Kier alpha value is -0.770. The Balaban J connectivity index is 2.07. The van der Waals surface area contributed by atoms with Crippen LogP contribution in [0.2, 0.25) is 0 Å². The van der Waals surface area contributed by atoms with Gasteiger partial charge in [0.05, 0.1) is 6.61 Å². The number of urea groups is 1. The first-order valence-electron chi connectivity index (χ1n) is 3.40. The van der Waals surface area contributed by atoms with Crippen LogP contribution in [0.5, 0.6) is 0 Å². The van der Waals surface area contributed by atoms with Crippen LogP contribution in [-0.2, 0) is 4.74 Å². The fourth-order valence-corrected chi connectivity index (χ4v) is 0.989. The molecule has 1 fully saturated rings. The molecule has 1 atom stereocenters. The minimum absolute atomic E-state index is 0.452. The van der Waals surface area contributed by atoms with Crippen molar-refractivity contribution >= 4 is 6.03 Å². The molecule has 3 N–H and O–H groups in total. The number of amides is 2. The number of hydrogen-bond acceptors (Lipinski definition) is 2. The molecule has 0 aromatic heterocycles. The summed E-state index contributed by atoms with van der Waals surface area (Å²) >= 11 is 0. The third-order valence-corrected chi connectivity index (χ3v) is 1.59. The number of rotatable bonds is 2. The van der Waals surface area contributed by atoms with E-state index in [4.69, 9.17) is 10.5 Å². The van der Waals surface area contributed by atoms with Gasteiger partial charge in [-0.2, -0.15) is 0 Å². The highest BCUT2D eigenvalue weighted by Crippen LogP contribution is 2.09. The molecule has 0 radical (unpaired) electrons. The van der Waals surface area contributed by atoms with Crippen LogP contribution in [0.3, 0.4) is 0 Å². The summed E-state index contributed by atoms with van der Waals surface area (Å²) in [5.41, 5.74) is 4.88. The lowest BCUT2D eigenvalue weighted by molar-refractivity contribution is 0.185. The smallest absolute Gasteiger partial charge is 0.312 e. The fourth-order valence-electron chi connectivity index (χ4n) is 0.989. The lowest BCUT2D eigenvalue weighted by atomic mass is 10.1. The van der Waals surface area contributed by atoms with Crippen LogP contribution in [0.1, 0.15) is 6.42 Å². The predicted octanol–water partition coefficient (Wildman–Crippen LogP) is -0.309. The first kappa shape index (κ1) is 7.34. The monoisotopic (exact) mass is 144 g/mol. The van der Waals surface area contributed by atoms with Gasteiger partial charge in [0.25, 0.3) is 0 Å². The topological polar surface area (TPSA) is 64.4 Å². The van der Waals surface area contributed by atoms with E-state index in [1.165, 1.54) is 0 Å². The van der Waals surface area contributed by atoms with Gasteiger partial charge in [0.1, 0.15) is 0 Å². The summed E-state index contributed by atoms with van der Waals surface area (Å²) in [6.07, 6.45) is 1.03. The number of hydrogen-bond donors (Lipinski definition) is 2. The molecule has 58 valence electrons. The van der Waals surface area contributed by atoms with Crippen LogP contribution in [0.4, 0.5) is 4.79 Å². The molecule has 1 aliphatic heterocycles. The standard InChI is InChI=1S/C6H12N2O2/c7-6(9)8-3-5-1-2-10-4-5/h5H,1-4H2,(H3,7,8,9). The molecule has 0 bridgehead atoms. The molecule has 1 heterocycles. The molecule has 4 heteroatoms. The summed E-state index contributed by atoms with van der Waals surface area (Å²) in [4.78, 5) is 10.2. The maximum atomic E-state index is 10.2. The van der Waals surface area contributed by atoms with Crippen molar-refractivity contribution in [1.82, 2.24) is 5.32 Å². The molecule has 1 saturated heterocycles. The fraction of sp³-hybridized carbons (Fsp3) is 0.833. The van der Waals surface area contributed by atoms with Crippen LogP contribution < -0.4 is 11.1 Å².